The number of urea groups is 1. The standard InChI is InChI=1S/C22H26N4O5/c1-4-12-31-19-15(6-5-11-23-19)13-24-18(27)14-26-20(28)22(2,25-21(26)29)16-7-9-17(30-3)10-8-16/h5-11H,4,12-14H2,1-3H3,(H,24,27)(H,25,29). The fraction of sp³-hybridized carbons (Fsp3) is 0.364. The number of imide groups is 1. The maximum Gasteiger partial charge on any atom is 0.325 e. The summed E-state index contributed by atoms with van der Waals surface area (Å²) >= 11 is 0. The first-order valence-corrected chi connectivity index (χ1v) is 10.0. The third-order valence-electron chi connectivity index (χ3n) is 5.01. The van der Waals surface area contributed by atoms with Crippen LogP contribution in [0.3, 0.4) is 0 Å². The largest absolute Gasteiger partial charge is 0.497 e. The average Bonchev–Trinajstić information content (AvgIpc) is 3.00. The quantitative estimate of drug-likeness (QED) is 0.593. The molecule has 31 heavy (non-hydrogen) atoms. The predicted octanol–water partition coefficient (Wildman–Crippen LogP) is 1.96. The molecule has 164 valence electrons. The molecule has 1 aliphatic heterocycles. The van der Waals surface area contributed by atoms with Crippen molar-refractivity contribution in [1.82, 2.24) is 20.5 Å². The van der Waals surface area contributed by atoms with E-state index >= 15 is 0 Å². The number of hydrogen-bond donors (Lipinski definition) is 2. The second-order valence-electron chi connectivity index (χ2n) is 7.27. The first kappa shape index (κ1) is 22.1. The molecule has 0 bridgehead atoms. The number of ether oxygens (including phenoxy) is 2. The summed E-state index contributed by atoms with van der Waals surface area (Å²) in [5.41, 5.74) is 0.0564. The number of carbonyl (C=O) groups is 3. The number of carbonyl (C=O) groups excluding carboxylic acids is 3. The van der Waals surface area contributed by atoms with E-state index < -0.39 is 23.4 Å². The molecular formula is C22H26N4O5. The summed E-state index contributed by atoms with van der Waals surface area (Å²) < 4.78 is 10.7. The van der Waals surface area contributed by atoms with Crippen LogP contribution < -0.4 is 20.1 Å². The third-order valence-corrected chi connectivity index (χ3v) is 5.01. The van der Waals surface area contributed by atoms with Gasteiger partial charge < -0.3 is 20.1 Å². The summed E-state index contributed by atoms with van der Waals surface area (Å²) in [5.74, 6) is 0.128. The molecule has 1 fully saturated rings. The predicted molar refractivity (Wildman–Crippen MR) is 112 cm³/mol. The van der Waals surface area contributed by atoms with Crippen molar-refractivity contribution in [3.63, 3.8) is 0 Å². The fourth-order valence-corrected chi connectivity index (χ4v) is 3.24. The van der Waals surface area contributed by atoms with E-state index in [-0.39, 0.29) is 13.1 Å². The Hall–Kier alpha value is -3.62. The molecule has 1 saturated heterocycles. The maximum atomic E-state index is 13.0. The number of aromatic nitrogens is 1. The SMILES string of the molecule is CCCOc1ncccc1CNC(=O)CN1C(=O)NC(C)(c2ccc(OC)cc2)C1=O. The summed E-state index contributed by atoms with van der Waals surface area (Å²) in [6.45, 7) is 3.90. The Balaban J connectivity index is 1.64. The first-order chi connectivity index (χ1) is 14.9. The Morgan fingerprint density at radius 3 is 2.65 bits per heavy atom. The van der Waals surface area contributed by atoms with Crippen LogP contribution in [0.1, 0.15) is 31.4 Å². The van der Waals surface area contributed by atoms with E-state index in [9.17, 15) is 14.4 Å². The highest BCUT2D eigenvalue weighted by Gasteiger charge is 2.49. The molecule has 0 saturated carbocycles. The molecule has 1 atom stereocenters. The van der Waals surface area contributed by atoms with Crippen LogP contribution in [0, 0.1) is 0 Å². The van der Waals surface area contributed by atoms with E-state index in [1.165, 1.54) is 0 Å². The number of hydrogen-bond acceptors (Lipinski definition) is 6. The zero-order valence-corrected chi connectivity index (χ0v) is 17.8. The molecule has 9 heteroatoms. The highest BCUT2D eigenvalue weighted by Crippen LogP contribution is 2.29. The number of pyridine rings is 1. The molecule has 1 aromatic heterocycles. The zero-order valence-electron chi connectivity index (χ0n) is 17.8. The van der Waals surface area contributed by atoms with Gasteiger partial charge in [-0.1, -0.05) is 25.1 Å². The lowest BCUT2D eigenvalue weighted by molar-refractivity contribution is -0.134. The molecule has 9 nitrogen and oxygen atoms in total. The van der Waals surface area contributed by atoms with Gasteiger partial charge in [-0.25, -0.2) is 9.78 Å². The van der Waals surface area contributed by atoms with Crippen LogP contribution in [0.5, 0.6) is 11.6 Å². The van der Waals surface area contributed by atoms with Gasteiger partial charge in [0.1, 0.15) is 17.8 Å². The molecule has 0 radical (unpaired) electrons. The van der Waals surface area contributed by atoms with Gasteiger partial charge in [0.2, 0.25) is 11.8 Å². The van der Waals surface area contributed by atoms with Crippen molar-refractivity contribution in [2.75, 3.05) is 20.3 Å². The van der Waals surface area contributed by atoms with Crippen molar-refractivity contribution >= 4 is 17.8 Å². The lowest BCUT2D eigenvalue weighted by Crippen LogP contribution is -2.43. The normalized spacial score (nSPS) is 18.0. The highest BCUT2D eigenvalue weighted by atomic mass is 16.5. The van der Waals surface area contributed by atoms with Crippen molar-refractivity contribution in [3.05, 3.63) is 53.7 Å². The number of methoxy groups -OCH3 is 1. The number of benzene rings is 1. The Labute approximate surface area is 180 Å². The molecule has 2 heterocycles. The van der Waals surface area contributed by atoms with E-state index in [0.29, 0.717) is 29.4 Å². The number of nitrogens with zero attached hydrogens (tertiary/aromatic N) is 2. The van der Waals surface area contributed by atoms with E-state index in [4.69, 9.17) is 9.47 Å². The lowest BCUT2D eigenvalue weighted by atomic mass is 9.92. The van der Waals surface area contributed by atoms with Crippen LogP contribution in [-0.2, 0) is 21.7 Å². The molecule has 1 aliphatic rings. The second kappa shape index (κ2) is 9.46. The average molecular weight is 426 g/mol. The maximum absolute atomic E-state index is 13.0. The fourth-order valence-electron chi connectivity index (χ4n) is 3.24. The van der Waals surface area contributed by atoms with Crippen LogP contribution in [-0.4, -0.2) is 48.0 Å². The van der Waals surface area contributed by atoms with Crippen molar-refractivity contribution < 1.29 is 23.9 Å². The molecule has 2 N–H and O–H groups in total. The Kier molecular flexibility index (Phi) is 6.74. The number of amides is 4. The topological polar surface area (TPSA) is 110 Å². The summed E-state index contributed by atoms with van der Waals surface area (Å²) in [6.07, 6.45) is 2.45. The molecule has 0 spiro atoms. The van der Waals surface area contributed by atoms with Crippen LogP contribution in [0.4, 0.5) is 4.79 Å². The molecule has 2 aromatic rings. The highest BCUT2D eigenvalue weighted by molar-refractivity contribution is 6.09. The number of rotatable bonds is 9. The smallest absolute Gasteiger partial charge is 0.325 e. The molecule has 1 aromatic carbocycles. The van der Waals surface area contributed by atoms with E-state index in [2.05, 4.69) is 15.6 Å². The third kappa shape index (κ3) is 4.76. The van der Waals surface area contributed by atoms with E-state index in [0.717, 1.165) is 11.3 Å². The van der Waals surface area contributed by atoms with Crippen molar-refractivity contribution in [1.29, 1.82) is 0 Å². The minimum absolute atomic E-state index is 0.172. The van der Waals surface area contributed by atoms with Crippen LogP contribution in [0.25, 0.3) is 0 Å². The Morgan fingerprint density at radius 1 is 1.23 bits per heavy atom. The molecular weight excluding hydrogens is 400 g/mol. The zero-order chi connectivity index (χ0) is 22.4. The second-order valence-corrected chi connectivity index (χ2v) is 7.27. The van der Waals surface area contributed by atoms with Crippen LogP contribution in [0.15, 0.2) is 42.6 Å². The summed E-state index contributed by atoms with van der Waals surface area (Å²) in [4.78, 5) is 43.0. The van der Waals surface area contributed by atoms with Gasteiger partial charge in [0.05, 0.1) is 13.7 Å². The van der Waals surface area contributed by atoms with Gasteiger partial charge in [0.15, 0.2) is 0 Å². The van der Waals surface area contributed by atoms with Gasteiger partial charge in [-0.3, -0.25) is 14.5 Å². The minimum Gasteiger partial charge on any atom is -0.497 e. The summed E-state index contributed by atoms with van der Waals surface area (Å²) in [6, 6.07) is 9.77. The molecule has 0 aliphatic carbocycles. The van der Waals surface area contributed by atoms with Crippen molar-refractivity contribution in [3.8, 4) is 11.6 Å². The number of nitrogens with one attached hydrogen (secondary N) is 2. The van der Waals surface area contributed by atoms with Crippen molar-refractivity contribution in [2.45, 2.75) is 32.4 Å². The van der Waals surface area contributed by atoms with E-state index in [1.54, 1.807) is 56.6 Å². The van der Waals surface area contributed by atoms with Gasteiger partial charge in [0.25, 0.3) is 5.91 Å². The van der Waals surface area contributed by atoms with Gasteiger partial charge >= 0.3 is 6.03 Å². The Morgan fingerprint density at radius 2 is 1.97 bits per heavy atom. The Bertz CT molecular complexity index is 963. The summed E-state index contributed by atoms with van der Waals surface area (Å²) in [5, 5.41) is 5.40. The minimum atomic E-state index is -1.26. The van der Waals surface area contributed by atoms with Gasteiger partial charge in [-0.15, -0.1) is 0 Å². The van der Waals surface area contributed by atoms with Gasteiger partial charge in [-0.05, 0) is 37.1 Å². The molecule has 4 amide bonds. The molecule has 1 unspecified atom stereocenters. The van der Waals surface area contributed by atoms with Gasteiger partial charge in [0, 0.05) is 18.3 Å². The van der Waals surface area contributed by atoms with Crippen molar-refractivity contribution in [2.24, 2.45) is 0 Å². The lowest BCUT2D eigenvalue weighted by Gasteiger charge is -2.22. The van der Waals surface area contributed by atoms with Crippen LogP contribution in [0.2, 0.25) is 0 Å². The first-order valence-electron chi connectivity index (χ1n) is 10.0. The van der Waals surface area contributed by atoms with E-state index in [1.807, 2.05) is 6.92 Å². The molecule has 3 rings (SSSR count). The van der Waals surface area contributed by atoms with Crippen LogP contribution >= 0.6 is 0 Å². The monoisotopic (exact) mass is 426 g/mol. The summed E-state index contributed by atoms with van der Waals surface area (Å²) in [7, 11) is 1.55. The van der Waals surface area contributed by atoms with Gasteiger partial charge in [-0.2, -0.15) is 0 Å².